The molecular formula is C14H4F4N6. The molecule has 2 aromatic heterocycles. The minimum absolute atomic E-state index is 0.110. The van der Waals surface area contributed by atoms with Crippen molar-refractivity contribution in [2.24, 2.45) is 0 Å². The van der Waals surface area contributed by atoms with E-state index in [4.69, 9.17) is 10.5 Å². The van der Waals surface area contributed by atoms with Gasteiger partial charge in [0.25, 0.3) is 0 Å². The van der Waals surface area contributed by atoms with Crippen molar-refractivity contribution in [3.05, 3.63) is 34.6 Å². The lowest BCUT2D eigenvalue weighted by atomic mass is 10.1. The van der Waals surface area contributed by atoms with Crippen LogP contribution in [0.2, 0.25) is 0 Å². The molecule has 0 aliphatic heterocycles. The van der Waals surface area contributed by atoms with E-state index in [2.05, 4.69) is 19.9 Å². The number of nitrogens with zero attached hydrogens (tertiary/aromatic N) is 6. The average molecular weight is 332 g/mol. The highest BCUT2D eigenvalue weighted by Gasteiger charge is 2.32. The first-order chi connectivity index (χ1) is 11.4. The van der Waals surface area contributed by atoms with Gasteiger partial charge in [-0.25, -0.2) is 24.3 Å². The molecule has 118 valence electrons. The molecular weight excluding hydrogens is 328 g/mol. The van der Waals surface area contributed by atoms with Crippen LogP contribution in [0.15, 0.2) is 12.1 Å². The fourth-order valence-electron chi connectivity index (χ4n) is 2.10. The van der Waals surface area contributed by atoms with Gasteiger partial charge in [-0.2, -0.15) is 23.7 Å². The van der Waals surface area contributed by atoms with Crippen molar-refractivity contribution in [2.45, 2.75) is 12.9 Å². The Kier molecular flexibility index (Phi) is 3.45. The molecule has 0 aliphatic rings. The molecule has 0 radical (unpaired) electrons. The van der Waals surface area contributed by atoms with E-state index in [-0.39, 0.29) is 39.3 Å². The Hall–Kier alpha value is -3.40. The summed E-state index contributed by atoms with van der Waals surface area (Å²) >= 11 is 0. The van der Waals surface area contributed by atoms with Gasteiger partial charge in [0.2, 0.25) is 0 Å². The summed E-state index contributed by atoms with van der Waals surface area (Å²) in [6.07, 6.45) is -4.68. The summed E-state index contributed by atoms with van der Waals surface area (Å²) in [5.74, 6) is 0. The number of hydrogen-bond donors (Lipinski definition) is 0. The molecule has 0 atom stereocenters. The largest absolute Gasteiger partial charge is 0.416 e. The first-order valence-corrected chi connectivity index (χ1v) is 6.33. The third kappa shape index (κ3) is 2.44. The highest BCUT2D eigenvalue weighted by Crippen LogP contribution is 2.33. The Morgan fingerprint density at radius 2 is 1.50 bits per heavy atom. The second kappa shape index (κ2) is 5.35. The molecule has 3 aromatic rings. The predicted octanol–water partition coefficient (Wildman–Crippen LogP) is 2.80. The molecule has 10 heteroatoms. The van der Waals surface area contributed by atoms with E-state index in [0.29, 0.717) is 12.1 Å². The van der Waals surface area contributed by atoms with E-state index in [1.165, 1.54) is 0 Å². The van der Waals surface area contributed by atoms with Crippen LogP contribution in [0.1, 0.15) is 22.5 Å². The third-order valence-electron chi connectivity index (χ3n) is 3.16. The Balaban J connectivity index is 2.40. The Morgan fingerprint density at radius 1 is 0.917 bits per heavy atom. The summed E-state index contributed by atoms with van der Waals surface area (Å²) in [7, 11) is 0. The number of benzene rings is 1. The standard InChI is InChI=1S/C14H4F4N6/c15-3-6-1-7(14(16,17)18)2-8-11(6)24-13-12(21-8)22-9(4-19)10(5-20)23-13/h1-2H,3H2. The van der Waals surface area contributed by atoms with Gasteiger partial charge in [-0.15, -0.1) is 0 Å². The molecule has 24 heavy (non-hydrogen) atoms. The van der Waals surface area contributed by atoms with Gasteiger partial charge in [0.1, 0.15) is 18.8 Å². The molecule has 3 rings (SSSR count). The minimum Gasteiger partial charge on any atom is -0.246 e. The lowest BCUT2D eigenvalue weighted by Gasteiger charge is -2.10. The smallest absolute Gasteiger partial charge is 0.246 e. The van der Waals surface area contributed by atoms with Gasteiger partial charge in [0, 0.05) is 5.56 Å². The van der Waals surface area contributed by atoms with E-state index in [9.17, 15) is 17.6 Å². The number of nitriles is 2. The van der Waals surface area contributed by atoms with Gasteiger partial charge in [0.05, 0.1) is 16.6 Å². The van der Waals surface area contributed by atoms with Crippen LogP contribution in [0.4, 0.5) is 17.6 Å². The van der Waals surface area contributed by atoms with Crippen LogP contribution in [0.25, 0.3) is 22.3 Å². The first kappa shape index (κ1) is 15.5. The number of alkyl halides is 4. The lowest BCUT2D eigenvalue weighted by molar-refractivity contribution is -0.137. The van der Waals surface area contributed by atoms with Crippen LogP contribution in [-0.4, -0.2) is 19.9 Å². The maximum absolute atomic E-state index is 13.1. The van der Waals surface area contributed by atoms with Gasteiger partial charge in [-0.3, -0.25) is 0 Å². The summed E-state index contributed by atoms with van der Waals surface area (Å²) in [5, 5.41) is 17.8. The highest BCUT2D eigenvalue weighted by molar-refractivity contribution is 5.85. The van der Waals surface area contributed by atoms with E-state index in [1.807, 2.05) is 0 Å². The van der Waals surface area contributed by atoms with Crippen LogP contribution in [0.5, 0.6) is 0 Å². The topological polar surface area (TPSA) is 99.1 Å². The molecule has 0 unspecified atom stereocenters. The Bertz CT molecular complexity index is 1060. The molecule has 0 bridgehead atoms. The van der Waals surface area contributed by atoms with Crippen molar-refractivity contribution in [2.75, 3.05) is 0 Å². The molecule has 6 nitrogen and oxygen atoms in total. The van der Waals surface area contributed by atoms with Crippen molar-refractivity contribution < 1.29 is 17.6 Å². The fraction of sp³-hybridized carbons (Fsp3) is 0.143. The molecule has 0 aliphatic carbocycles. The molecule has 0 saturated heterocycles. The predicted molar refractivity (Wildman–Crippen MR) is 71.9 cm³/mol. The minimum atomic E-state index is -4.68. The maximum atomic E-state index is 13.1. The molecule has 0 spiro atoms. The SMILES string of the molecule is N#Cc1nc2nc3cc(C(F)(F)F)cc(CF)c3nc2nc1C#N. The second-order valence-corrected chi connectivity index (χ2v) is 4.65. The zero-order chi connectivity index (χ0) is 17.5. The molecule has 1 aromatic carbocycles. The normalized spacial score (nSPS) is 11.4. The Morgan fingerprint density at radius 3 is 2.00 bits per heavy atom. The second-order valence-electron chi connectivity index (χ2n) is 4.65. The third-order valence-corrected chi connectivity index (χ3v) is 3.16. The monoisotopic (exact) mass is 332 g/mol. The Labute approximate surface area is 131 Å². The van der Waals surface area contributed by atoms with Gasteiger partial charge in [-0.1, -0.05) is 0 Å². The number of rotatable bonds is 1. The van der Waals surface area contributed by atoms with E-state index >= 15 is 0 Å². The molecule has 0 fully saturated rings. The highest BCUT2D eigenvalue weighted by atomic mass is 19.4. The van der Waals surface area contributed by atoms with Crippen LogP contribution in [0, 0.1) is 22.7 Å². The zero-order valence-electron chi connectivity index (χ0n) is 11.6. The summed E-state index contributed by atoms with van der Waals surface area (Å²) in [6.45, 7) is -1.19. The summed E-state index contributed by atoms with van der Waals surface area (Å²) in [5.41, 5.74) is -2.70. The zero-order valence-corrected chi connectivity index (χ0v) is 11.6. The van der Waals surface area contributed by atoms with Crippen LogP contribution >= 0.6 is 0 Å². The van der Waals surface area contributed by atoms with Gasteiger partial charge < -0.3 is 0 Å². The van der Waals surface area contributed by atoms with E-state index in [1.54, 1.807) is 12.1 Å². The van der Waals surface area contributed by atoms with Crippen molar-refractivity contribution in [1.29, 1.82) is 10.5 Å². The van der Waals surface area contributed by atoms with Gasteiger partial charge in [-0.05, 0) is 12.1 Å². The van der Waals surface area contributed by atoms with Crippen molar-refractivity contribution in [1.82, 2.24) is 19.9 Å². The van der Waals surface area contributed by atoms with Crippen molar-refractivity contribution >= 4 is 22.3 Å². The van der Waals surface area contributed by atoms with Gasteiger partial charge >= 0.3 is 6.18 Å². The van der Waals surface area contributed by atoms with E-state index in [0.717, 1.165) is 0 Å². The van der Waals surface area contributed by atoms with Crippen molar-refractivity contribution in [3.8, 4) is 12.1 Å². The van der Waals surface area contributed by atoms with Gasteiger partial charge in [0.15, 0.2) is 22.7 Å². The summed E-state index contributed by atoms with van der Waals surface area (Å²) in [4.78, 5) is 15.4. The fourth-order valence-corrected chi connectivity index (χ4v) is 2.10. The molecule has 0 N–H and O–H groups in total. The summed E-state index contributed by atoms with van der Waals surface area (Å²) in [6, 6.07) is 4.66. The quantitative estimate of drug-likeness (QED) is 0.502. The number of halogens is 4. The number of fused-ring (bicyclic) bond motifs is 2. The number of hydrogen-bond acceptors (Lipinski definition) is 6. The first-order valence-electron chi connectivity index (χ1n) is 6.33. The number of aromatic nitrogens is 4. The van der Waals surface area contributed by atoms with E-state index < -0.39 is 18.4 Å². The molecule has 0 amide bonds. The van der Waals surface area contributed by atoms with Crippen LogP contribution < -0.4 is 0 Å². The average Bonchev–Trinajstić information content (AvgIpc) is 2.56. The van der Waals surface area contributed by atoms with Crippen LogP contribution in [-0.2, 0) is 12.9 Å². The van der Waals surface area contributed by atoms with Crippen LogP contribution in [0.3, 0.4) is 0 Å². The van der Waals surface area contributed by atoms with Crippen molar-refractivity contribution in [3.63, 3.8) is 0 Å². The molecule has 2 heterocycles. The molecule has 0 saturated carbocycles. The maximum Gasteiger partial charge on any atom is 0.416 e. The lowest BCUT2D eigenvalue weighted by Crippen LogP contribution is -2.07. The summed E-state index contributed by atoms with van der Waals surface area (Å²) < 4.78 is 51.8.